The Balaban J connectivity index is 2.26. The van der Waals surface area contributed by atoms with Gasteiger partial charge in [-0.25, -0.2) is 0 Å². The lowest BCUT2D eigenvalue weighted by Gasteiger charge is -1.85. The number of hydrogen-bond acceptors (Lipinski definition) is 1. The van der Waals surface area contributed by atoms with Crippen LogP contribution in [0.4, 0.5) is 0 Å². The molecule has 0 N–H and O–H groups in total. The van der Waals surface area contributed by atoms with Gasteiger partial charge >= 0.3 is 0 Å². The van der Waals surface area contributed by atoms with Gasteiger partial charge in [0.1, 0.15) is 5.78 Å². The summed E-state index contributed by atoms with van der Waals surface area (Å²) >= 11 is 0. The highest BCUT2D eigenvalue weighted by atomic mass is 16.1. The molecule has 2 unspecified atom stereocenters. The molecule has 1 saturated carbocycles. The van der Waals surface area contributed by atoms with Gasteiger partial charge in [0.15, 0.2) is 0 Å². The highest BCUT2D eigenvalue weighted by Crippen LogP contribution is 2.41. The highest BCUT2D eigenvalue weighted by Gasteiger charge is 2.38. The normalized spacial score (nSPS) is 34.8. The molecule has 0 aromatic carbocycles. The molecule has 0 bridgehead atoms. The van der Waals surface area contributed by atoms with Gasteiger partial charge in [-0.3, -0.25) is 4.79 Å². The number of carbonyl (C=O) groups is 1. The lowest BCUT2D eigenvalue weighted by atomic mass is 10.2. The minimum absolute atomic E-state index is 0.386. The minimum atomic E-state index is 0.386. The molecular weight excluding hydrogens is 100 g/mol. The zero-order valence-corrected chi connectivity index (χ0v) is 5.48. The van der Waals surface area contributed by atoms with Crippen molar-refractivity contribution in [1.29, 1.82) is 0 Å². The van der Waals surface area contributed by atoms with Gasteiger partial charge < -0.3 is 0 Å². The number of Topliss-reactive ketones (excluding diaryl/α,β-unsaturated/α-hetero) is 1. The van der Waals surface area contributed by atoms with E-state index in [0.29, 0.717) is 11.7 Å². The van der Waals surface area contributed by atoms with Crippen LogP contribution in [0.25, 0.3) is 0 Å². The minimum Gasteiger partial charge on any atom is -0.300 e. The van der Waals surface area contributed by atoms with Crippen molar-refractivity contribution in [3.05, 3.63) is 0 Å². The summed E-state index contributed by atoms with van der Waals surface area (Å²) < 4.78 is 0. The molecule has 1 nitrogen and oxygen atoms in total. The van der Waals surface area contributed by atoms with E-state index in [1.54, 1.807) is 6.92 Å². The van der Waals surface area contributed by atoms with Crippen LogP contribution in [0.3, 0.4) is 0 Å². The molecule has 1 fully saturated rings. The molecule has 0 radical (unpaired) electrons. The lowest BCUT2D eigenvalue weighted by Crippen LogP contribution is -1.93. The molecule has 0 aromatic heterocycles. The molecule has 0 saturated heterocycles. The summed E-state index contributed by atoms with van der Waals surface area (Å²) in [6.07, 6.45) is 2.34. The Morgan fingerprint density at radius 1 is 1.75 bits per heavy atom. The van der Waals surface area contributed by atoms with Crippen LogP contribution < -0.4 is 0 Å². The maximum Gasteiger partial charge on any atom is 0.133 e. The lowest BCUT2D eigenvalue weighted by molar-refractivity contribution is -0.118. The Bertz CT molecular complexity index is 107. The Morgan fingerprint density at radius 2 is 2.38 bits per heavy atom. The van der Waals surface area contributed by atoms with Crippen LogP contribution in [-0.4, -0.2) is 5.78 Å². The molecule has 0 amide bonds. The Kier molecular flexibility index (Phi) is 1.37. The molecule has 1 aliphatic rings. The molecule has 1 aliphatic carbocycles. The van der Waals surface area contributed by atoms with Crippen LogP contribution in [0.15, 0.2) is 0 Å². The summed E-state index contributed by atoms with van der Waals surface area (Å²) in [6.45, 7) is 3.84. The van der Waals surface area contributed by atoms with Crippen LogP contribution in [0, 0.1) is 11.8 Å². The molecular formula is C7H12O. The second kappa shape index (κ2) is 1.88. The van der Waals surface area contributed by atoms with E-state index >= 15 is 0 Å². The molecule has 0 heterocycles. The largest absolute Gasteiger partial charge is 0.300 e. The smallest absolute Gasteiger partial charge is 0.133 e. The van der Waals surface area contributed by atoms with Gasteiger partial charge in [0, 0.05) is 5.92 Å². The van der Waals surface area contributed by atoms with Crippen LogP contribution in [0.5, 0.6) is 0 Å². The first-order chi connectivity index (χ1) is 3.75. The van der Waals surface area contributed by atoms with Gasteiger partial charge in [-0.1, -0.05) is 13.3 Å². The van der Waals surface area contributed by atoms with Crippen LogP contribution in [-0.2, 0) is 4.79 Å². The summed E-state index contributed by atoms with van der Waals surface area (Å²) in [7, 11) is 0. The average Bonchev–Trinajstić information content (AvgIpc) is 2.42. The molecule has 1 rings (SSSR count). The fraction of sp³-hybridized carbons (Fsp3) is 0.857. The zero-order valence-electron chi connectivity index (χ0n) is 5.48. The fourth-order valence-corrected chi connectivity index (χ4v) is 1.20. The summed E-state index contributed by atoms with van der Waals surface area (Å²) in [5.41, 5.74) is 0. The summed E-state index contributed by atoms with van der Waals surface area (Å²) in [5.74, 6) is 1.57. The predicted molar refractivity (Wildman–Crippen MR) is 32.6 cm³/mol. The van der Waals surface area contributed by atoms with E-state index in [-0.39, 0.29) is 0 Å². The summed E-state index contributed by atoms with van der Waals surface area (Å²) in [6, 6.07) is 0. The third-order valence-electron chi connectivity index (χ3n) is 1.97. The standard InChI is InChI=1S/C7H12O/c1-3-6-4-7(6)5(2)8/h6-7H,3-4H2,1-2H3. The Labute approximate surface area is 50.1 Å². The highest BCUT2D eigenvalue weighted by molar-refractivity contribution is 5.81. The van der Waals surface area contributed by atoms with Crippen molar-refractivity contribution in [1.82, 2.24) is 0 Å². The van der Waals surface area contributed by atoms with Crippen LogP contribution in [0.2, 0.25) is 0 Å². The average molecular weight is 112 g/mol. The van der Waals surface area contributed by atoms with Crippen molar-refractivity contribution in [2.24, 2.45) is 11.8 Å². The second-order valence-electron chi connectivity index (χ2n) is 2.62. The van der Waals surface area contributed by atoms with E-state index < -0.39 is 0 Å². The first-order valence-corrected chi connectivity index (χ1v) is 3.26. The van der Waals surface area contributed by atoms with Crippen LogP contribution in [0.1, 0.15) is 26.7 Å². The summed E-state index contributed by atoms with van der Waals surface area (Å²) in [4.78, 5) is 10.6. The first-order valence-electron chi connectivity index (χ1n) is 3.26. The van der Waals surface area contributed by atoms with E-state index in [1.165, 1.54) is 6.42 Å². The molecule has 2 atom stereocenters. The molecule has 8 heavy (non-hydrogen) atoms. The molecule has 1 heteroatoms. The third kappa shape index (κ3) is 0.908. The van der Waals surface area contributed by atoms with Gasteiger partial charge in [-0.15, -0.1) is 0 Å². The van der Waals surface area contributed by atoms with E-state index in [2.05, 4.69) is 6.92 Å². The van der Waals surface area contributed by atoms with E-state index in [4.69, 9.17) is 0 Å². The second-order valence-corrected chi connectivity index (χ2v) is 2.62. The van der Waals surface area contributed by atoms with Gasteiger partial charge in [0.05, 0.1) is 0 Å². The van der Waals surface area contributed by atoms with Crippen molar-refractivity contribution >= 4 is 5.78 Å². The van der Waals surface area contributed by atoms with Crippen molar-refractivity contribution in [3.63, 3.8) is 0 Å². The molecule has 46 valence electrons. The number of hydrogen-bond donors (Lipinski definition) is 0. The first kappa shape index (κ1) is 5.80. The molecule has 0 spiro atoms. The molecule has 0 aromatic rings. The number of carbonyl (C=O) groups excluding carboxylic acids is 1. The van der Waals surface area contributed by atoms with Crippen molar-refractivity contribution < 1.29 is 4.79 Å². The Hall–Kier alpha value is -0.330. The summed E-state index contributed by atoms with van der Waals surface area (Å²) in [5, 5.41) is 0. The van der Waals surface area contributed by atoms with Crippen molar-refractivity contribution in [2.45, 2.75) is 26.7 Å². The zero-order chi connectivity index (χ0) is 6.15. The molecule has 0 aliphatic heterocycles. The van der Waals surface area contributed by atoms with E-state index in [9.17, 15) is 4.79 Å². The Morgan fingerprint density at radius 3 is 2.50 bits per heavy atom. The fourth-order valence-electron chi connectivity index (χ4n) is 1.20. The van der Waals surface area contributed by atoms with E-state index in [0.717, 1.165) is 12.3 Å². The van der Waals surface area contributed by atoms with Crippen molar-refractivity contribution in [3.8, 4) is 0 Å². The monoisotopic (exact) mass is 112 g/mol. The SMILES string of the molecule is CCC1CC1C(C)=O. The van der Waals surface area contributed by atoms with Crippen LogP contribution >= 0.6 is 0 Å². The maximum absolute atomic E-state index is 10.6. The van der Waals surface area contributed by atoms with E-state index in [1.807, 2.05) is 0 Å². The van der Waals surface area contributed by atoms with Gasteiger partial charge in [-0.2, -0.15) is 0 Å². The maximum atomic E-state index is 10.6. The van der Waals surface area contributed by atoms with Gasteiger partial charge in [0.25, 0.3) is 0 Å². The topological polar surface area (TPSA) is 17.1 Å². The number of rotatable bonds is 2. The van der Waals surface area contributed by atoms with Gasteiger partial charge in [0.2, 0.25) is 0 Å². The number of ketones is 1. The van der Waals surface area contributed by atoms with Gasteiger partial charge in [-0.05, 0) is 19.3 Å². The predicted octanol–water partition coefficient (Wildman–Crippen LogP) is 1.62. The van der Waals surface area contributed by atoms with Crippen molar-refractivity contribution in [2.75, 3.05) is 0 Å². The third-order valence-corrected chi connectivity index (χ3v) is 1.97. The quantitative estimate of drug-likeness (QED) is 0.530.